The van der Waals surface area contributed by atoms with Gasteiger partial charge in [0.25, 0.3) is 0 Å². The minimum absolute atomic E-state index is 0.186. The Morgan fingerprint density at radius 3 is 2.85 bits per heavy atom. The molecule has 2 rings (SSSR count). The van der Waals surface area contributed by atoms with E-state index in [1.54, 1.807) is 23.5 Å². The SMILES string of the molecule is Cc1csc(CNCc2cc(Br)ccc2OC(F)F)n1. The quantitative estimate of drug-likeness (QED) is 0.839. The van der Waals surface area contributed by atoms with E-state index in [9.17, 15) is 8.78 Å². The second-order valence-electron chi connectivity index (χ2n) is 4.12. The fourth-order valence-corrected chi connectivity index (χ4v) is 2.83. The molecule has 1 heterocycles. The summed E-state index contributed by atoms with van der Waals surface area (Å²) in [5.74, 6) is 0.186. The van der Waals surface area contributed by atoms with Crippen LogP contribution in [0, 0.1) is 6.92 Å². The van der Waals surface area contributed by atoms with Gasteiger partial charge in [0.05, 0.1) is 0 Å². The number of nitrogens with zero attached hydrogens (tertiary/aromatic N) is 1. The van der Waals surface area contributed by atoms with E-state index in [-0.39, 0.29) is 5.75 Å². The van der Waals surface area contributed by atoms with E-state index in [1.807, 2.05) is 12.3 Å². The van der Waals surface area contributed by atoms with Gasteiger partial charge >= 0.3 is 6.61 Å². The number of benzene rings is 1. The van der Waals surface area contributed by atoms with Gasteiger partial charge in [0.1, 0.15) is 10.8 Å². The molecule has 2 aromatic rings. The lowest BCUT2D eigenvalue weighted by Crippen LogP contribution is -2.14. The normalized spacial score (nSPS) is 11.1. The Kier molecular flexibility index (Phi) is 5.45. The molecule has 0 unspecified atom stereocenters. The summed E-state index contributed by atoms with van der Waals surface area (Å²) in [6.07, 6.45) is 0. The third-order valence-electron chi connectivity index (χ3n) is 2.50. The van der Waals surface area contributed by atoms with Crippen LogP contribution in [-0.2, 0) is 13.1 Å². The average molecular weight is 363 g/mol. The van der Waals surface area contributed by atoms with Crippen molar-refractivity contribution in [2.24, 2.45) is 0 Å². The molecule has 0 bridgehead atoms. The number of ether oxygens (including phenoxy) is 1. The van der Waals surface area contributed by atoms with Crippen LogP contribution in [0.15, 0.2) is 28.1 Å². The van der Waals surface area contributed by atoms with Crippen molar-refractivity contribution in [3.8, 4) is 5.75 Å². The Hall–Kier alpha value is -1.05. The lowest BCUT2D eigenvalue weighted by Gasteiger charge is -2.11. The van der Waals surface area contributed by atoms with Crippen molar-refractivity contribution in [3.63, 3.8) is 0 Å². The Bertz CT molecular complexity index is 577. The zero-order valence-corrected chi connectivity index (χ0v) is 13.1. The first kappa shape index (κ1) is 15.3. The van der Waals surface area contributed by atoms with Crippen LogP contribution in [0.4, 0.5) is 8.78 Å². The summed E-state index contributed by atoms with van der Waals surface area (Å²) in [5.41, 5.74) is 1.66. The Morgan fingerprint density at radius 1 is 1.40 bits per heavy atom. The monoisotopic (exact) mass is 362 g/mol. The lowest BCUT2D eigenvalue weighted by atomic mass is 10.2. The van der Waals surface area contributed by atoms with E-state index in [0.717, 1.165) is 15.2 Å². The molecule has 0 aliphatic carbocycles. The summed E-state index contributed by atoms with van der Waals surface area (Å²) in [6.45, 7) is 0.138. The standard InChI is InChI=1S/C13H13BrF2N2OS/c1-8-7-20-12(18-8)6-17-5-9-4-10(14)2-3-11(9)19-13(15)16/h2-4,7,13,17H,5-6H2,1H3. The molecule has 0 atom stereocenters. The molecule has 0 spiro atoms. The molecule has 0 radical (unpaired) electrons. The van der Waals surface area contributed by atoms with Crippen molar-refractivity contribution in [1.82, 2.24) is 10.3 Å². The molecule has 1 aromatic heterocycles. The maximum absolute atomic E-state index is 12.3. The van der Waals surface area contributed by atoms with Gasteiger partial charge in [0.2, 0.25) is 0 Å². The van der Waals surface area contributed by atoms with Gasteiger partial charge in [0, 0.05) is 34.2 Å². The van der Waals surface area contributed by atoms with Crippen LogP contribution in [0.2, 0.25) is 0 Å². The molecule has 0 amide bonds. The third kappa shape index (κ3) is 4.50. The van der Waals surface area contributed by atoms with Crippen molar-refractivity contribution in [3.05, 3.63) is 44.3 Å². The van der Waals surface area contributed by atoms with Crippen LogP contribution in [0.3, 0.4) is 0 Å². The predicted molar refractivity (Wildman–Crippen MR) is 78.2 cm³/mol. The summed E-state index contributed by atoms with van der Waals surface area (Å²) in [6, 6.07) is 4.96. The number of aromatic nitrogens is 1. The Balaban J connectivity index is 1.98. The highest BCUT2D eigenvalue weighted by molar-refractivity contribution is 9.10. The fourth-order valence-electron chi connectivity index (χ4n) is 1.69. The van der Waals surface area contributed by atoms with Crippen molar-refractivity contribution in [1.29, 1.82) is 0 Å². The number of rotatable bonds is 6. The summed E-state index contributed by atoms with van der Waals surface area (Å²) >= 11 is 4.89. The molecule has 0 aliphatic rings. The number of alkyl halides is 2. The second kappa shape index (κ2) is 7.10. The summed E-state index contributed by atoms with van der Waals surface area (Å²) in [5, 5.41) is 6.11. The van der Waals surface area contributed by atoms with Crippen LogP contribution in [0.25, 0.3) is 0 Å². The molecule has 0 saturated heterocycles. The van der Waals surface area contributed by atoms with Crippen molar-refractivity contribution >= 4 is 27.3 Å². The number of nitrogens with one attached hydrogen (secondary N) is 1. The molecule has 1 N–H and O–H groups in total. The minimum atomic E-state index is -2.82. The van der Waals surface area contributed by atoms with Crippen LogP contribution in [0.1, 0.15) is 16.3 Å². The van der Waals surface area contributed by atoms with Crippen LogP contribution < -0.4 is 10.1 Å². The highest BCUT2D eigenvalue weighted by Gasteiger charge is 2.10. The molecule has 20 heavy (non-hydrogen) atoms. The van der Waals surface area contributed by atoms with E-state index in [4.69, 9.17) is 0 Å². The topological polar surface area (TPSA) is 34.1 Å². The predicted octanol–water partition coefficient (Wildman–Crippen LogP) is 4.11. The molecule has 108 valence electrons. The van der Waals surface area contributed by atoms with Crippen molar-refractivity contribution in [2.75, 3.05) is 0 Å². The van der Waals surface area contributed by atoms with Crippen LogP contribution >= 0.6 is 27.3 Å². The number of thiazole rings is 1. The van der Waals surface area contributed by atoms with Gasteiger partial charge < -0.3 is 10.1 Å². The first-order valence-electron chi connectivity index (χ1n) is 5.89. The summed E-state index contributed by atoms with van der Waals surface area (Å²) in [4.78, 5) is 4.33. The van der Waals surface area contributed by atoms with Crippen LogP contribution in [-0.4, -0.2) is 11.6 Å². The molecule has 3 nitrogen and oxygen atoms in total. The number of aryl methyl sites for hydroxylation is 1. The highest BCUT2D eigenvalue weighted by atomic mass is 79.9. The van der Waals surface area contributed by atoms with E-state index in [0.29, 0.717) is 18.7 Å². The lowest BCUT2D eigenvalue weighted by molar-refractivity contribution is -0.0505. The molecule has 0 saturated carbocycles. The van der Waals surface area contributed by atoms with Gasteiger partial charge in [-0.3, -0.25) is 0 Å². The van der Waals surface area contributed by atoms with Gasteiger partial charge in [-0.25, -0.2) is 4.98 Å². The second-order valence-corrected chi connectivity index (χ2v) is 5.98. The average Bonchev–Trinajstić information content (AvgIpc) is 2.78. The molecular formula is C13H13BrF2N2OS. The van der Waals surface area contributed by atoms with Gasteiger partial charge in [-0.15, -0.1) is 11.3 Å². The van der Waals surface area contributed by atoms with E-state index >= 15 is 0 Å². The summed E-state index contributed by atoms with van der Waals surface area (Å²) in [7, 11) is 0. The third-order valence-corrected chi connectivity index (χ3v) is 3.96. The van der Waals surface area contributed by atoms with Crippen molar-refractivity contribution < 1.29 is 13.5 Å². The molecule has 7 heteroatoms. The van der Waals surface area contributed by atoms with E-state index < -0.39 is 6.61 Å². The first-order chi connectivity index (χ1) is 9.54. The van der Waals surface area contributed by atoms with Gasteiger partial charge in [0.15, 0.2) is 0 Å². The minimum Gasteiger partial charge on any atom is -0.434 e. The van der Waals surface area contributed by atoms with Gasteiger partial charge in [-0.2, -0.15) is 8.78 Å². The van der Waals surface area contributed by atoms with Crippen molar-refractivity contribution in [2.45, 2.75) is 26.6 Å². The first-order valence-corrected chi connectivity index (χ1v) is 7.57. The number of hydrogen-bond acceptors (Lipinski definition) is 4. The van der Waals surface area contributed by atoms with E-state index in [2.05, 4.69) is 31.0 Å². The fraction of sp³-hybridized carbons (Fsp3) is 0.308. The number of hydrogen-bond donors (Lipinski definition) is 1. The maximum atomic E-state index is 12.3. The highest BCUT2D eigenvalue weighted by Crippen LogP contribution is 2.24. The maximum Gasteiger partial charge on any atom is 0.387 e. The van der Waals surface area contributed by atoms with Gasteiger partial charge in [-0.05, 0) is 25.1 Å². The largest absolute Gasteiger partial charge is 0.434 e. The molecule has 0 fully saturated rings. The summed E-state index contributed by atoms with van der Waals surface area (Å²) < 4.78 is 30.0. The smallest absolute Gasteiger partial charge is 0.387 e. The molecule has 0 aliphatic heterocycles. The number of halogens is 3. The Morgan fingerprint density at radius 2 is 2.20 bits per heavy atom. The van der Waals surface area contributed by atoms with Gasteiger partial charge in [-0.1, -0.05) is 15.9 Å². The van der Waals surface area contributed by atoms with Crippen LogP contribution in [0.5, 0.6) is 5.75 Å². The molecular weight excluding hydrogens is 350 g/mol. The zero-order valence-electron chi connectivity index (χ0n) is 10.7. The molecule has 1 aromatic carbocycles. The zero-order chi connectivity index (χ0) is 14.5. The Labute approximate surface area is 128 Å². The van der Waals surface area contributed by atoms with E-state index in [1.165, 1.54) is 6.07 Å².